The fraction of sp³-hybridized carbons (Fsp3) is 0.706. The Bertz CT molecular complexity index is 509. The molecule has 2 aliphatic heterocycles. The van der Waals surface area contributed by atoms with Crippen molar-refractivity contribution in [2.75, 3.05) is 37.6 Å². The lowest BCUT2D eigenvalue weighted by atomic mass is 9.97. The second-order valence-electron chi connectivity index (χ2n) is 6.50. The van der Waals surface area contributed by atoms with E-state index in [1.165, 1.54) is 19.4 Å². The summed E-state index contributed by atoms with van der Waals surface area (Å²) in [5, 5.41) is 3.18. The van der Waals surface area contributed by atoms with Crippen molar-refractivity contribution in [3.05, 3.63) is 18.5 Å². The molecule has 23 heavy (non-hydrogen) atoms. The largest absolute Gasteiger partial charge is 0.354 e. The van der Waals surface area contributed by atoms with E-state index < -0.39 is 0 Å². The van der Waals surface area contributed by atoms with Crippen molar-refractivity contribution < 1.29 is 4.79 Å². The molecule has 0 saturated carbocycles. The van der Waals surface area contributed by atoms with Crippen LogP contribution in [0.5, 0.6) is 0 Å². The molecular weight excluding hydrogens is 290 g/mol. The highest BCUT2D eigenvalue weighted by Gasteiger charge is 2.28. The molecule has 0 unspecified atom stereocenters. The highest BCUT2D eigenvalue weighted by atomic mass is 16.1. The molecule has 1 amide bonds. The number of likely N-dealkylation sites (N-methyl/N-ethyl adjacent to an activating group) is 1. The Hall–Kier alpha value is -1.69. The van der Waals surface area contributed by atoms with Crippen molar-refractivity contribution in [1.29, 1.82) is 0 Å². The number of anilines is 1. The topological polar surface area (TPSA) is 61.4 Å². The number of nitrogens with zero attached hydrogens (tertiary/aromatic N) is 4. The van der Waals surface area contributed by atoms with Gasteiger partial charge < -0.3 is 10.2 Å². The van der Waals surface area contributed by atoms with Gasteiger partial charge in [0.25, 0.3) is 0 Å². The summed E-state index contributed by atoms with van der Waals surface area (Å²) in [4.78, 5) is 25.7. The van der Waals surface area contributed by atoms with E-state index in [0.29, 0.717) is 6.04 Å². The fourth-order valence-corrected chi connectivity index (χ4v) is 3.73. The molecule has 2 atom stereocenters. The number of carbonyl (C=O) groups excluding carboxylic acids is 1. The molecule has 126 valence electrons. The maximum absolute atomic E-state index is 12.5. The second-order valence-corrected chi connectivity index (χ2v) is 6.50. The molecule has 1 N–H and O–H groups in total. The van der Waals surface area contributed by atoms with Gasteiger partial charge in [-0.2, -0.15) is 0 Å². The number of rotatable bonds is 5. The summed E-state index contributed by atoms with van der Waals surface area (Å²) in [7, 11) is 0. The van der Waals surface area contributed by atoms with Crippen LogP contribution in [0.1, 0.15) is 32.6 Å². The smallest absolute Gasteiger partial charge is 0.225 e. The van der Waals surface area contributed by atoms with Crippen LogP contribution in [0, 0.1) is 5.92 Å². The van der Waals surface area contributed by atoms with E-state index in [9.17, 15) is 4.79 Å². The normalized spacial score (nSPS) is 25.5. The summed E-state index contributed by atoms with van der Waals surface area (Å²) >= 11 is 0. The van der Waals surface area contributed by atoms with Crippen molar-refractivity contribution >= 4 is 11.9 Å². The van der Waals surface area contributed by atoms with Gasteiger partial charge in [-0.05, 0) is 44.8 Å². The van der Waals surface area contributed by atoms with Gasteiger partial charge >= 0.3 is 0 Å². The third-order valence-electron chi connectivity index (χ3n) is 5.04. The summed E-state index contributed by atoms with van der Waals surface area (Å²) in [6, 6.07) is 2.33. The van der Waals surface area contributed by atoms with Gasteiger partial charge in [-0.25, -0.2) is 9.97 Å². The van der Waals surface area contributed by atoms with Crippen LogP contribution in [0.15, 0.2) is 18.5 Å². The third-order valence-corrected chi connectivity index (χ3v) is 5.04. The molecule has 0 spiro atoms. The minimum absolute atomic E-state index is 0.0454. The number of nitrogens with one attached hydrogen (secondary N) is 1. The first-order chi connectivity index (χ1) is 11.3. The van der Waals surface area contributed by atoms with Crippen LogP contribution in [0.3, 0.4) is 0 Å². The van der Waals surface area contributed by atoms with Crippen LogP contribution >= 0.6 is 0 Å². The zero-order valence-electron chi connectivity index (χ0n) is 13.9. The molecule has 2 aliphatic rings. The first-order valence-corrected chi connectivity index (χ1v) is 8.81. The Kier molecular flexibility index (Phi) is 5.43. The van der Waals surface area contributed by atoms with Gasteiger partial charge in [-0.15, -0.1) is 0 Å². The quantitative estimate of drug-likeness (QED) is 0.887. The van der Waals surface area contributed by atoms with Crippen molar-refractivity contribution in [2.24, 2.45) is 5.92 Å². The van der Waals surface area contributed by atoms with Crippen LogP contribution in [-0.4, -0.2) is 59.5 Å². The lowest BCUT2D eigenvalue weighted by Crippen LogP contribution is -2.46. The molecular formula is C17H27N5O. The van der Waals surface area contributed by atoms with Crippen molar-refractivity contribution in [1.82, 2.24) is 20.2 Å². The van der Waals surface area contributed by atoms with E-state index in [1.807, 2.05) is 6.07 Å². The van der Waals surface area contributed by atoms with Crippen molar-refractivity contribution in [2.45, 2.75) is 38.6 Å². The van der Waals surface area contributed by atoms with Crippen molar-refractivity contribution in [3.8, 4) is 0 Å². The van der Waals surface area contributed by atoms with Gasteiger partial charge in [0.2, 0.25) is 11.9 Å². The Balaban J connectivity index is 1.51. The monoisotopic (exact) mass is 317 g/mol. The number of likely N-dealkylation sites (tertiary alicyclic amines) is 1. The molecule has 2 saturated heterocycles. The van der Waals surface area contributed by atoms with E-state index in [-0.39, 0.29) is 11.8 Å². The molecule has 6 heteroatoms. The molecule has 3 rings (SSSR count). The molecule has 1 aromatic rings. The molecule has 0 bridgehead atoms. The number of hydrogen-bond donors (Lipinski definition) is 1. The van der Waals surface area contributed by atoms with Gasteiger partial charge in [-0.3, -0.25) is 9.69 Å². The number of hydrogen-bond acceptors (Lipinski definition) is 5. The Morgan fingerprint density at radius 2 is 2.04 bits per heavy atom. The van der Waals surface area contributed by atoms with Crippen molar-refractivity contribution in [3.63, 3.8) is 0 Å². The highest BCUT2D eigenvalue weighted by Crippen LogP contribution is 2.21. The number of carbonyl (C=O) groups is 1. The number of amides is 1. The van der Waals surface area contributed by atoms with Gasteiger partial charge in [0.15, 0.2) is 0 Å². The van der Waals surface area contributed by atoms with Crippen LogP contribution in [0.4, 0.5) is 5.95 Å². The predicted octanol–water partition coefficient (Wildman–Crippen LogP) is 1.29. The first-order valence-electron chi connectivity index (χ1n) is 8.81. The van der Waals surface area contributed by atoms with E-state index in [4.69, 9.17) is 0 Å². The summed E-state index contributed by atoms with van der Waals surface area (Å²) in [6.45, 7) is 6.87. The predicted molar refractivity (Wildman–Crippen MR) is 90.2 cm³/mol. The number of piperidine rings is 1. The molecule has 3 heterocycles. The highest BCUT2D eigenvalue weighted by molar-refractivity contribution is 5.79. The SMILES string of the molecule is CCN1CCC[C@H]1CNC(=O)[C@H]1CCCN(c2ncccn2)C1. The Labute approximate surface area is 138 Å². The molecule has 2 fully saturated rings. The van der Waals surface area contributed by atoms with Gasteiger partial charge in [0.1, 0.15) is 0 Å². The average Bonchev–Trinajstić information content (AvgIpc) is 3.08. The van der Waals surface area contributed by atoms with E-state index >= 15 is 0 Å². The summed E-state index contributed by atoms with van der Waals surface area (Å²) in [6.07, 6.45) is 7.93. The lowest BCUT2D eigenvalue weighted by molar-refractivity contribution is -0.125. The van der Waals surface area contributed by atoms with Crippen LogP contribution in [0.25, 0.3) is 0 Å². The van der Waals surface area contributed by atoms with E-state index in [2.05, 4.69) is 32.0 Å². The second kappa shape index (κ2) is 7.73. The molecule has 0 aromatic carbocycles. The van der Waals surface area contributed by atoms with Gasteiger partial charge in [0, 0.05) is 38.1 Å². The fourth-order valence-electron chi connectivity index (χ4n) is 3.73. The summed E-state index contributed by atoms with van der Waals surface area (Å²) in [5.41, 5.74) is 0. The lowest BCUT2D eigenvalue weighted by Gasteiger charge is -2.32. The van der Waals surface area contributed by atoms with Crippen LogP contribution in [0.2, 0.25) is 0 Å². The Morgan fingerprint density at radius 3 is 2.83 bits per heavy atom. The zero-order chi connectivity index (χ0) is 16.1. The maximum atomic E-state index is 12.5. The van der Waals surface area contributed by atoms with Crippen LogP contribution < -0.4 is 10.2 Å². The molecule has 1 aromatic heterocycles. The van der Waals surface area contributed by atoms with Gasteiger partial charge in [-0.1, -0.05) is 6.92 Å². The number of aromatic nitrogens is 2. The standard InChI is InChI=1S/C17H27N5O/c1-2-21-10-4-7-15(21)12-20-16(23)14-6-3-11-22(13-14)17-18-8-5-9-19-17/h5,8-9,14-15H,2-4,6-7,10-13H2,1H3,(H,20,23)/t14-,15-/m0/s1. The summed E-state index contributed by atoms with van der Waals surface area (Å²) in [5.74, 6) is 0.968. The van der Waals surface area contributed by atoms with E-state index in [1.54, 1.807) is 12.4 Å². The van der Waals surface area contributed by atoms with E-state index in [0.717, 1.165) is 45.0 Å². The molecule has 0 aliphatic carbocycles. The maximum Gasteiger partial charge on any atom is 0.225 e. The Morgan fingerprint density at radius 1 is 1.26 bits per heavy atom. The minimum atomic E-state index is 0.0454. The minimum Gasteiger partial charge on any atom is -0.354 e. The zero-order valence-corrected chi connectivity index (χ0v) is 13.9. The van der Waals surface area contributed by atoms with Gasteiger partial charge in [0.05, 0.1) is 5.92 Å². The summed E-state index contributed by atoms with van der Waals surface area (Å²) < 4.78 is 0. The molecule has 0 radical (unpaired) electrons. The third kappa shape index (κ3) is 3.99. The molecule has 6 nitrogen and oxygen atoms in total. The first kappa shape index (κ1) is 16.2. The van der Waals surface area contributed by atoms with Crippen LogP contribution in [-0.2, 0) is 4.79 Å². The average molecular weight is 317 g/mol.